The van der Waals surface area contributed by atoms with Gasteiger partial charge in [-0.1, -0.05) is 17.7 Å². The van der Waals surface area contributed by atoms with Crippen LogP contribution in [0.3, 0.4) is 0 Å². The van der Waals surface area contributed by atoms with Gasteiger partial charge in [0, 0.05) is 44.5 Å². The van der Waals surface area contributed by atoms with Gasteiger partial charge in [0.05, 0.1) is 6.54 Å². The summed E-state index contributed by atoms with van der Waals surface area (Å²) in [6.45, 7) is 4.48. The lowest BCUT2D eigenvalue weighted by molar-refractivity contribution is -0.132. The second-order valence-corrected chi connectivity index (χ2v) is 8.14. The molecule has 3 aromatic rings. The Balaban J connectivity index is 1.60. The fourth-order valence-electron chi connectivity index (χ4n) is 3.93. The predicted molar refractivity (Wildman–Crippen MR) is 123 cm³/mol. The summed E-state index contributed by atoms with van der Waals surface area (Å²) < 4.78 is 20.7. The minimum Gasteiger partial charge on any atom is -0.385 e. The molecule has 1 amide bonds. The first-order valence-electron chi connectivity index (χ1n) is 11.0. The van der Waals surface area contributed by atoms with Crippen LogP contribution in [0.15, 0.2) is 48.5 Å². The number of amides is 1. The van der Waals surface area contributed by atoms with E-state index in [0.29, 0.717) is 32.7 Å². The first-order valence-corrected chi connectivity index (χ1v) is 11.0. The summed E-state index contributed by atoms with van der Waals surface area (Å²) in [5.74, 6) is 1.56. The monoisotopic (exact) mass is 436 g/mol. The number of carbonyl (C=O) groups excluding carboxylic acids is 1. The molecule has 0 radical (unpaired) electrons. The van der Waals surface area contributed by atoms with Crippen molar-refractivity contribution in [1.29, 1.82) is 0 Å². The summed E-state index contributed by atoms with van der Waals surface area (Å²) in [7, 11) is 1.67. The number of hydrogen-bond donors (Lipinski definition) is 1. The minimum absolute atomic E-state index is 0.145. The Morgan fingerprint density at radius 2 is 1.84 bits per heavy atom. The van der Waals surface area contributed by atoms with Gasteiger partial charge in [-0.25, -0.2) is 9.37 Å². The molecule has 2 heterocycles. The molecule has 0 atom stereocenters. The fourth-order valence-corrected chi connectivity index (χ4v) is 3.93. The molecule has 0 unspecified atom stereocenters. The number of unbranched alkanes of at least 4 members (excludes halogenated alkanes) is 1. The van der Waals surface area contributed by atoms with Crippen LogP contribution in [-0.2, 0) is 22.6 Å². The Bertz CT molecular complexity index is 1060. The summed E-state index contributed by atoms with van der Waals surface area (Å²) >= 11 is 0. The summed E-state index contributed by atoms with van der Waals surface area (Å²) in [5.41, 5.74) is 3.73. The zero-order valence-electron chi connectivity index (χ0n) is 18.6. The molecule has 1 N–H and O–H groups in total. The van der Waals surface area contributed by atoms with Crippen LogP contribution in [-0.4, -0.2) is 40.6 Å². The van der Waals surface area contributed by atoms with Crippen molar-refractivity contribution in [1.82, 2.24) is 14.5 Å². The van der Waals surface area contributed by atoms with Crippen molar-refractivity contribution < 1.29 is 13.9 Å². The van der Waals surface area contributed by atoms with Crippen molar-refractivity contribution in [3.63, 3.8) is 0 Å². The molecule has 1 aliphatic heterocycles. The molecule has 0 fully saturated rings. The molecule has 1 aromatic heterocycles. The van der Waals surface area contributed by atoms with Crippen LogP contribution < -0.4 is 5.32 Å². The van der Waals surface area contributed by atoms with Crippen LogP contribution >= 0.6 is 0 Å². The van der Waals surface area contributed by atoms with Crippen molar-refractivity contribution in [3.8, 4) is 11.3 Å². The molecule has 2 aromatic carbocycles. The first kappa shape index (κ1) is 22.0. The van der Waals surface area contributed by atoms with Crippen LogP contribution in [0.25, 0.3) is 11.3 Å². The van der Waals surface area contributed by atoms with E-state index in [4.69, 9.17) is 9.72 Å². The first-order chi connectivity index (χ1) is 15.5. The smallest absolute Gasteiger partial charge is 0.223 e. The third-order valence-corrected chi connectivity index (χ3v) is 5.75. The van der Waals surface area contributed by atoms with Gasteiger partial charge in [0.1, 0.15) is 23.2 Å². The highest BCUT2D eigenvalue weighted by Crippen LogP contribution is 2.33. The maximum absolute atomic E-state index is 13.5. The standard InChI is InChI=1S/C25H29FN4O2/c1-18-6-12-21(13-7-18)27-25-24(19-8-10-20(26)11-9-19)28-22-17-29(14-15-30(22)25)23(31)5-3-4-16-32-2/h6-13,27H,3-5,14-17H2,1-2H3. The number of anilines is 2. The quantitative estimate of drug-likeness (QED) is 0.510. The van der Waals surface area contributed by atoms with Gasteiger partial charge in [0.15, 0.2) is 0 Å². The van der Waals surface area contributed by atoms with Gasteiger partial charge < -0.3 is 19.5 Å². The number of benzene rings is 2. The average molecular weight is 437 g/mol. The molecule has 4 rings (SSSR count). The normalized spacial score (nSPS) is 13.2. The molecule has 32 heavy (non-hydrogen) atoms. The van der Waals surface area contributed by atoms with Gasteiger partial charge >= 0.3 is 0 Å². The van der Waals surface area contributed by atoms with E-state index in [2.05, 4.69) is 28.9 Å². The molecule has 6 nitrogen and oxygen atoms in total. The van der Waals surface area contributed by atoms with E-state index < -0.39 is 0 Å². The molecule has 0 saturated carbocycles. The van der Waals surface area contributed by atoms with Crippen LogP contribution in [0.1, 0.15) is 30.7 Å². The number of aromatic nitrogens is 2. The number of nitrogens with one attached hydrogen (secondary N) is 1. The van der Waals surface area contributed by atoms with Crippen molar-refractivity contribution in [3.05, 3.63) is 65.7 Å². The van der Waals surface area contributed by atoms with Crippen LogP contribution in [0, 0.1) is 12.7 Å². The van der Waals surface area contributed by atoms with Crippen LogP contribution in [0.4, 0.5) is 15.9 Å². The van der Waals surface area contributed by atoms with Crippen molar-refractivity contribution >= 4 is 17.4 Å². The molecule has 1 aliphatic rings. The van der Waals surface area contributed by atoms with Crippen molar-refractivity contribution in [2.45, 2.75) is 39.3 Å². The Morgan fingerprint density at radius 3 is 2.56 bits per heavy atom. The number of ether oxygens (including phenoxy) is 1. The molecule has 0 bridgehead atoms. The number of halogens is 1. The number of fused-ring (bicyclic) bond motifs is 1. The Labute approximate surface area is 188 Å². The zero-order chi connectivity index (χ0) is 22.5. The van der Waals surface area contributed by atoms with E-state index in [1.54, 1.807) is 19.2 Å². The number of imidazole rings is 1. The summed E-state index contributed by atoms with van der Waals surface area (Å²) in [5, 5.41) is 3.50. The van der Waals surface area contributed by atoms with Gasteiger partial charge in [0.2, 0.25) is 5.91 Å². The average Bonchev–Trinajstić information content (AvgIpc) is 3.16. The Kier molecular flexibility index (Phi) is 6.85. The van der Waals surface area contributed by atoms with E-state index in [1.807, 2.05) is 17.0 Å². The third-order valence-electron chi connectivity index (χ3n) is 5.75. The van der Waals surface area contributed by atoms with Gasteiger partial charge in [-0.15, -0.1) is 0 Å². The fraction of sp³-hybridized carbons (Fsp3) is 0.360. The van der Waals surface area contributed by atoms with Gasteiger partial charge in [-0.05, 0) is 56.2 Å². The lowest BCUT2D eigenvalue weighted by Crippen LogP contribution is -2.38. The SMILES string of the molecule is COCCCCC(=O)N1CCn2c(nc(-c3ccc(F)cc3)c2Nc2ccc(C)cc2)C1. The summed E-state index contributed by atoms with van der Waals surface area (Å²) in [6.07, 6.45) is 2.21. The number of carbonyl (C=O) groups is 1. The lowest BCUT2D eigenvalue weighted by atomic mass is 10.1. The second kappa shape index (κ2) is 9.96. The zero-order valence-corrected chi connectivity index (χ0v) is 18.6. The Hall–Kier alpha value is -3.19. The second-order valence-electron chi connectivity index (χ2n) is 8.14. The molecule has 168 valence electrons. The van der Waals surface area contributed by atoms with Crippen molar-refractivity contribution in [2.75, 3.05) is 25.6 Å². The largest absolute Gasteiger partial charge is 0.385 e. The van der Waals surface area contributed by atoms with Gasteiger partial charge in [-0.3, -0.25) is 4.79 Å². The molecule has 7 heteroatoms. The van der Waals surface area contributed by atoms with Crippen LogP contribution in [0.5, 0.6) is 0 Å². The molecular formula is C25H29FN4O2. The molecule has 0 spiro atoms. The van der Waals surface area contributed by atoms with Gasteiger partial charge in [-0.2, -0.15) is 0 Å². The molecular weight excluding hydrogens is 407 g/mol. The Morgan fingerprint density at radius 1 is 1.09 bits per heavy atom. The predicted octanol–water partition coefficient (Wildman–Crippen LogP) is 4.90. The van der Waals surface area contributed by atoms with E-state index in [1.165, 1.54) is 17.7 Å². The van der Waals surface area contributed by atoms with E-state index in [0.717, 1.165) is 41.4 Å². The maximum Gasteiger partial charge on any atom is 0.223 e. The summed E-state index contributed by atoms with van der Waals surface area (Å²) in [4.78, 5) is 19.4. The van der Waals surface area contributed by atoms with E-state index in [-0.39, 0.29) is 11.7 Å². The maximum atomic E-state index is 13.5. The third kappa shape index (κ3) is 4.99. The highest BCUT2D eigenvalue weighted by molar-refractivity contribution is 5.78. The van der Waals surface area contributed by atoms with Gasteiger partial charge in [0.25, 0.3) is 0 Å². The van der Waals surface area contributed by atoms with E-state index >= 15 is 0 Å². The summed E-state index contributed by atoms with van der Waals surface area (Å²) in [6, 6.07) is 14.5. The number of methoxy groups -OCH3 is 1. The number of hydrogen-bond acceptors (Lipinski definition) is 4. The molecule has 0 aliphatic carbocycles. The minimum atomic E-state index is -0.281. The van der Waals surface area contributed by atoms with E-state index in [9.17, 15) is 9.18 Å². The molecule has 0 saturated heterocycles. The number of aryl methyl sites for hydroxylation is 1. The topological polar surface area (TPSA) is 59.4 Å². The highest BCUT2D eigenvalue weighted by atomic mass is 19.1. The lowest BCUT2D eigenvalue weighted by Gasteiger charge is -2.28. The highest BCUT2D eigenvalue weighted by Gasteiger charge is 2.26. The number of nitrogens with zero attached hydrogens (tertiary/aromatic N) is 3. The van der Waals surface area contributed by atoms with Crippen molar-refractivity contribution in [2.24, 2.45) is 0 Å². The number of rotatable bonds is 8. The van der Waals surface area contributed by atoms with Crippen LogP contribution in [0.2, 0.25) is 0 Å².